The molecule has 4 N–H and O–H groups in total. The van der Waals surface area contributed by atoms with Crippen LogP contribution in [0.4, 0.5) is 0 Å². The summed E-state index contributed by atoms with van der Waals surface area (Å²) in [5.74, 6) is -2.47. The van der Waals surface area contributed by atoms with Crippen LogP contribution in [0.2, 0.25) is 0 Å². The highest BCUT2D eigenvalue weighted by atomic mass is 16.7. The quantitative estimate of drug-likeness (QED) is 0.0957. The molecule has 3 heterocycles. The molecule has 7 rings (SSSR count). The van der Waals surface area contributed by atoms with Gasteiger partial charge in [0.15, 0.2) is 24.6 Å². The summed E-state index contributed by atoms with van der Waals surface area (Å²) in [5, 5.41) is 51.0. The summed E-state index contributed by atoms with van der Waals surface area (Å²) >= 11 is 0. The number of ketones is 2. The van der Waals surface area contributed by atoms with Gasteiger partial charge < -0.3 is 58.6 Å². The van der Waals surface area contributed by atoms with Crippen LogP contribution in [0, 0.1) is 0 Å². The Morgan fingerprint density at radius 2 is 1.87 bits per heavy atom. The zero-order chi connectivity index (χ0) is 38.6. The first-order valence-electron chi connectivity index (χ1n) is 18.3. The first kappa shape index (κ1) is 38.6. The van der Waals surface area contributed by atoms with Crippen LogP contribution in [-0.4, -0.2) is 150 Å². The molecule has 0 radical (unpaired) electrons. The van der Waals surface area contributed by atoms with Crippen LogP contribution in [0.25, 0.3) is 0 Å². The average Bonchev–Trinajstić information content (AvgIpc) is 3.54. The Morgan fingerprint density at radius 3 is 2.57 bits per heavy atom. The number of phenols is 2. The van der Waals surface area contributed by atoms with Crippen molar-refractivity contribution in [3.05, 3.63) is 51.6 Å². The van der Waals surface area contributed by atoms with Gasteiger partial charge in [0.2, 0.25) is 5.78 Å². The molecule has 0 saturated carbocycles. The van der Waals surface area contributed by atoms with E-state index in [4.69, 9.17) is 33.3 Å². The van der Waals surface area contributed by atoms with Gasteiger partial charge in [-0.1, -0.05) is 17.3 Å². The van der Waals surface area contributed by atoms with Crippen LogP contribution in [0.5, 0.6) is 17.2 Å². The maximum absolute atomic E-state index is 14.1. The third-order valence-electron chi connectivity index (χ3n) is 11.5. The highest BCUT2D eigenvalue weighted by molar-refractivity contribution is 6.31. The fraction of sp³-hybridized carbons (Fsp3) is 0.605. The predicted molar refractivity (Wildman–Crippen MR) is 190 cm³/mol. The third kappa shape index (κ3) is 6.46. The second kappa shape index (κ2) is 15.1. The number of nitrogens with zero attached hydrogens (tertiary/aromatic N) is 3. The Labute approximate surface area is 313 Å². The van der Waals surface area contributed by atoms with Crippen molar-refractivity contribution in [3.63, 3.8) is 0 Å². The minimum atomic E-state index is -1.99. The molecule has 3 saturated heterocycles. The molecule has 0 aromatic heterocycles. The molecule has 3 fully saturated rings. The van der Waals surface area contributed by atoms with Crippen LogP contribution >= 0.6 is 0 Å². The average molecular weight is 756 g/mol. The molecular formula is C38H49N3O13. The van der Waals surface area contributed by atoms with Crippen LogP contribution in [0.3, 0.4) is 0 Å². The zero-order valence-electron chi connectivity index (χ0n) is 31.3. The van der Waals surface area contributed by atoms with Crippen molar-refractivity contribution in [2.75, 3.05) is 54.2 Å². The normalized spacial score (nSPS) is 30.9. The van der Waals surface area contributed by atoms with E-state index >= 15 is 0 Å². The van der Waals surface area contributed by atoms with Gasteiger partial charge in [0.25, 0.3) is 0 Å². The molecule has 0 unspecified atom stereocenters. The molecule has 3 aliphatic heterocycles. The molecule has 54 heavy (non-hydrogen) atoms. The van der Waals surface area contributed by atoms with Crippen molar-refractivity contribution in [1.29, 1.82) is 0 Å². The van der Waals surface area contributed by atoms with E-state index in [0.29, 0.717) is 26.1 Å². The number of methoxy groups -OCH3 is 2. The topological polar surface area (TPSA) is 199 Å². The van der Waals surface area contributed by atoms with Crippen LogP contribution in [0.15, 0.2) is 23.4 Å². The van der Waals surface area contributed by atoms with E-state index < -0.39 is 83.8 Å². The van der Waals surface area contributed by atoms with Crippen molar-refractivity contribution in [2.45, 2.75) is 94.8 Å². The molecular weight excluding hydrogens is 706 g/mol. The number of carbonyl (C=O) groups excluding carboxylic acids is 2. The first-order chi connectivity index (χ1) is 25.8. The smallest absolute Gasteiger partial charge is 0.202 e. The number of likely N-dealkylation sites (N-methyl/N-ethyl adjacent to an activating group) is 1. The van der Waals surface area contributed by atoms with E-state index in [9.17, 15) is 30.0 Å². The molecule has 294 valence electrons. The summed E-state index contributed by atoms with van der Waals surface area (Å²) in [6.45, 7) is 6.92. The van der Waals surface area contributed by atoms with Crippen LogP contribution < -0.4 is 4.74 Å². The second-order valence-electron chi connectivity index (χ2n) is 14.8. The lowest BCUT2D eigenvalue weighted by Gasteiger charge is -2.43. The van der Waals surface area contributed by atoms with Crippen molar-refractivity contribution < 1.29 is 63.3 Å². The van der Waals surface area contributed by atoms with E-state index in [-0.39, 0.29) is 64.9 Å². The van der Waals surface area contributed by atoms with Gasteiger partial charge in [-0.25, -0.2) is 0 Å². The summed E-state index contributed by atoms with van der Waals surface area (Å²) in [5.41, 5.74) is -3.02. The van der Waals surface area contributed by atoms with Gasteiger partial charge in [0.1, 0.15) is 41.3 Å². The number of hydrogen-bond donors (Lipinski definition) is 4. The van der Waals surface area contributed by atoms with E-state index in [1.165, 1.54) is 19.2 Å². The van der Waals surface area contributed by atoms with Gasteiger partial charge in [0, 0.05) is 68.2 Å². The number of rotatable bonds is 11. The summed E-state index contributed by atoms with van der Waals surface area (Å²) in [6, 6.07) is 4.62. The van der Waals surface area contributed by atoms with Gasteiger partial charge in [-0.3, -0.25) is 14.5 Å². The number of carbonyl (C=O) groups is 2. The van der Waals surface area contributed by atoms with E-state index in [2.05, 4.69) is 10.1 Å². The Balaban J connectivity index is 1.28. The Kier molecular flexibility index (Phi) is 10.8. The van der Waals surface area contributed by atoms with E-state index in [1.807, 2.05) is 32.7 Å². The van der Waals surface area contributed by atoms with Crippen molar-refractivity contribution >= 4 is 17.3 Å². The highest BCUT2D eigenvalue weighted by Gasteiger charge is 2.55. The number of aliphatic hydroxyl groups excluding tert-OH is 1. The maximum atomic E-state index is 14.1. The van der Waals surface area contributed by atoms with Gasteiger partial charge in [-0.2, -0.15) is 0 Å². The van der Waals surface area contributed by atoms with Gasteiger partial charge >= 0.3 is 0 Å². The fourth-order valence-corrected chi connectivity index (χ4v) is 8.38. The number of ether oxygens (including phenoxy) is 6. The van der Waals surface area contributed by atoms with Gasteiger partial charge in [0.05, 0.1) is 49.2 Å². The molecule has 8 atom stereocenters. The van der Waals surface area contributed by atoms with Crippen LogP contribution in [-0.2, 0) is 34.9 Å². The van der Waals surface area contributed by atoms with E-state index in [0.717, 1.165) is 0 Å². The fourth-order valence-electron chi connectivity index (χ4n) is 8.38. The summed E-state index contributed by atoms with van der Waals surface area (Å²) in [6.07, 6.45) is -4.34. The molecule has 2 aliphatic carbocycles. The Bertz CT molecular complexity index is 1820. The third-order valence-corrected chi connectivity index (χ3v) is 11.5. The predicted octanol–water partition coefficient (Wildman–Crippen LogP) is 1.85. The number of aromatic hydroxyl groups is 2. The highest BCUT2D eigenvalue weighted by Crippen LogP contribution is 2.53. The molecule has 0 amide bonds. The molecule has 2 aromatic carbocycles. The summed E-state index contributed by atoms with van der Waals surface area (Å²) in [4.78, 5) is 37.9. The maximum Gasteiger partial charge on any atom is 0.202 e. The Morgan fingerprint density at radius 1 is 1.11 bits per heavy atom. The second-order valence-corrected chi connectivity index (χ2v) is 14.8. The Hall–Kier alpha value is -3.71. The number of morpholine rings is 1. The van der Waals surface area contributed by atoms with Gasteiger partial charge in [-0.15, -0.1) is 0 Å². The lowest BCUT2D eigenvalue weighted by atomic mass is 9.71. The van der Waals surface area contributed by atoms with Crippen molar-refractivity contribution in [3.8, 4) is 17.2 Å². The van der Waals surface area contributed by atoms with E-state index in [1.54, 1.807) is 13.2 Å². The number of phenolic OH excluding ortho intramolecular Hbond substituents is 2. The molecule has 16 heteroatoms. The van der Waals surface area contributed by atoms with Gasteiger partial charge in [-0.05, 0) is 33.9 Å². The van der Waals surface area contributed by atoms with Crippen molar-refractivity contribution in [2.24, 2.45) is 5.16 Å². The minimum Gasteiger partial charge on any atom is -0.507 e. The first-order valence-corrected chi connectivity index (χ1v) is 18.3. The number of benzene rings is 2. The summed E-state index contributed by atoms with van der Waals surface area (Å²) < 4.78 is 36.0. The number of hydrogen-bond acceptors (Lipinski definition) is 16. The minimum absolute atomic E-state index is 0.00666. The molecule has 0 bridgehead atoms. The molecule has 16 nitrogen and oxygen atoms in total. The zero-order valence-corrected chi connectivity index (χ0v) is 31.3. The molecule has 5 aliphatic rings. The number of oxime groups is 1. The molecule has 2 aromatic rings. The van der Waals surface area contributed by atoms with Crippen LogP contribution in [0.1, 0.15) is 82.7 Å². The number of aliphatic hydroxyl groups is 2. The van der Waals surface area contributed by atoms with Crippen molar-refractivity contribution in [1.82, 2.24) is 9.80 Å². The largest absolute Gasteiger partial charge is 0.507 e. The SMILES string of the molecule is COc1cccc2c1C(=O)c1c(O)c3c(c(O)c1C2=O)C[C@@](O)(/C(CO)=N/OCCN(C)C(C)C)C[C@@H]3O[C@H]1C[C@H]2[C@H](O[C@@H]3[C@@H](OC)OCCN32)[C@H](C)O1. The number of fused-ring (bicyclic) bond motifs is 6. The standard InChI is InChI=1S/C38H49N3O13/c1-18(2)40(4)10-13-51-39-25(17-42)38(47)15-21-28(34(46)30-29(32(21)44)31(43)20-8-7-9-23(48-5)27(20)33(30)45)24(16-38)53-26-14-22-35(19(3)52-26)54-36-37(49-6)50-12-11-41(22)36/h7-9,18-19,22,24,26,35-37,42,44,46-47H,10-17H2,1-6H3/b39-25+/t19-,22-,24-,26-,35+,36+,37-,38-/m0/s1. The summed E-state index contributed by atoms with van der Waals surface area (Å²) in [7, 11) is 4.85. The monoisotopic (exact) mass is 755 g/mol. The lowest BCUT2D eigenvalue weighted by molar-refractivity contribution is -0.255. The molecule has 0 spiro atoms. The lowest BCUT2D eigenvalue weighted by Crippen LogP contribution is -2.55.